The molecule has 1 fully saturated rings. The molecule has 0 saturated heterocycles. The average Bonchev–Trinajstić information content (AvgIpc) is 2.80. The Hall–Kier alpha value is -3.75. The van der Waals surface area contributed by atoms with E-state index in [0.717, 1.165) is 25.7 Å². The fourth-order valence-corrected chi connectivity index (χ4v) is 3.27. The lowest BCUT2D eigenvalue weighted by Crippen LogP contribution is -2.38. The number of para-hydroxylation sites is 1. The van der Waals surface area contributed by atoms with Crippen molar-refractivity contribution in [2.45, 2.75) is 38.1 Å². The summed E-state index contributed by atoms with van der Waals surface area (Å²) in [5.41, 5.74) is 2.62. The molecular weight excluding hydrogens is 415 g/mol. The van der Waals surface area contributed by atoms with E-state index in [2.05, 4.69) is 21.2 Å². The molecule has 0 aromatic heterocycles. The first-order valence-corrected chi connectivity index (χ1v) is 10.4. The van der Waals surface area contributed by atoms with Gasteiger partial charge in [-0.15, -0.1) is 0 Å². The molecule has 1 aliphatic rings. The number of rotatable bonds is 7. The molecule has 0 unspecified atom stereocenters. The number of amides is 3. The van der Waals surface area contributed by atoms with Crippen molar-refractivity contribution in [2.75, 3.05) is 11.9 Å². The lowest BCUT2D eigenvalue weighted by Gasteiger charge is -2.22. The summed E-state index contributed by atoms with van der Waals surface area (Å²) in [5, 5.41) is 8.86. The molecule has 8 nitrogen and oxygen atoms in total. The third kappa shape index (κ3) is 7.19. The first kappa shape index (κ1) is 22.9. The van der Waals surface area contributed by atoms with Crippen molar-refractivity contribution < 1.29 is 23.5 Å². The third-order valence-electron chi connectivity index (χ3n) is 4.93. The number of benzene rings is 2. The van der Waals surface area contributed by atoms with Crippen LogP contribution in [0.2, 0.25) is 0 Å². The van der Waals surface area contributed by atoms with Crippen molar-refractivity contribution in [3.63, 3.8) is 0 Å². The standard InChI is InChI=1S/C23H25FN4O4/c24-19-8-4-5-9-20(19)27-22(30)23(31)28-25-14-16-10-12-18(13-11-16)32-15-21(29)26-17-6-2-1-3-7-17/h4-5,8-14,17H,1-3,6-7,15H2,(H,26,29)(H,27,30)(H,28,31)/b25-14-. The number of nitrogens with zero attached hydrogens (tertiary/aromatic N) is 1. The second-order valence-corrected chi connectivity index (χ2v) is 7.39. The molecule has 1 saturated carbocycles. The summed E-state index contributed by atoms with van der Waals surface area (Å²) < 4.78 is 19.0. The van der Waals surface area contributed by atoms with Crippen LogP contribution in [0.5, 0.6) is 5.75 Å². The van der Waals surface area contributed by atoms with Gasteiger partial charge in [-0.25, -0.2) is 9.82 Å². The number of carbonyl (C=O) groups is 3. The smallest absolute Gasteiger partial charge is 0.329 e. The van der Waals surface area contributed by atoms with Gasteiger partial charge in [-0.05, 0) is 54.8 Å². The zero-order valence-electron chi connectivity index (χ0n) is 17.5. The maximum atomic E-state index is 13.5. The Kier molecular flexibility index (Phi) is 8.30. The van der Waals surface area contributed by atoms with Crippen molar-refractivity contribution in [2.24, 2.45) is 5.10 Å². The summed E-state index contributed by atoms with van der Waals surface area (Å²) in [6, 6.07) is 12.5. The molecule has 32 heavy (non-hydrogen) atoms. The topological polar surface area (TPSA) is 109 Å². The number of anilines is 1. The van der Waals surface area contributed by atoms with Gasteiger partial charge in [0.25, 0.3) is 5.91 Å². The van der Waals surface area contributed by atoms with Crippen LogP contribution in [0.3, 0.4) is 0 Å². The molecule has 2 aromatic carbocycles. The second-order valence-electron chi connectivity index (χ2n) is 7.39. The van der Waals surface area contributed by atoms with Crippen LogP contribution in [0.1, 0.15) is 37.7 Å². The minimum absolute atomic E-state index is 0.0584. The Balaban J connectivity index is 1.40. The van der Waals surface area contributed by atoms with Gasteiger partial charge in [0.15, 0.2) is 6.61 Å². The maximum Gasteiger partial charge on any atom is 0.329 e. The average molecular weight is 440 g/mol. The van der Waals surface area contributed by atoms with E-state index < -0.39 is 17.6 Å². The van der Waals surface area contributed by atoms with Crippen molar-refractivity contribution >= 4 is 29.6 Å². The minimum atomic E-state index is -1.04. The number of ether oxygens (including phenoxy) is 1. The monoisotopic (exact) mass is 440 g/mol. The van der Waals surface area contributed by atoms with Crippen molar-refractivity contribution in [3.05, 3.63) is 59.9 Å². The van der Waals surface area contributed by atoms with E-state index >= 15 is 0 Å². The fraction of sp³-hybridized carbons (Fsp3) is 0.304. The molecule has 0 heterocycles. The largest absolute Gasteiger partial charge is 0.484 e. The number of hydrogen-bond acceptors (Lipinski definition) is 5. The van der Waals surface area contributed by atoms with Crippen LogP contribution in [0.15, 0.2) is 53.6 Å². The van der Waals surface area contributed by atoms with E-state index in [9.17, 15) is 18.8 Å². The summed E-state index contributed by atoms with van der Waals surface area (Å²) in [7, 11) is 0. The zero-order valence-corrected chi connectivity index (χ0v) is 17.5. The zero-order chi connectivity index (χ0) is 22.8. The van der Waals surface area contributed by atoms with Gasteiger partial charge < -0.3 is 15.4 Å². The molecule has 0 aliphatic heterocycles. The van der Waals surface area contributed by atoms with E-state index in [4.69, 9.17) is 4.74 Å². The van der Waals surface area contributed by atoms with Crippen LogP contribution in [-0.2, 0) is 14.4 Å². The lowest BCUT2D eigenvalue weighted by atomic mass is 9.95. The first-order valence-electron chi connectivity index (χ1n) is 10.4. The van der Waals surface area contributed by atoms with Gasteiger partial charge in [0.1, 0.15) is 11.6 Å². The molecular formula is C23H25FN4O4. The fourth-order valence-electron chi connectivity index (χ4n) is 3.27. The van der Waals surface area contributed by atoms with E-state index in [0.29, 0.717) is 11.3 Å². The van der Waals surface area contributed by atoms with Crippen molar-refractivity contribution in [3.8, 4) is 5.75 Å². The second kappa shape index (κ2) is 11.6. The van der Waals surface area contributed by atoms with Crippen LogP contribution in [0.4, 0.5) is 10.1 Å². The number of halogens is 1. The number of carbonyl (C=O) groups excluding carboxylic acids is 3. The Morgan fingerprint density at radius 3 is 2.44 bits per heavy atom. The van der Waals surface area contributed by atoms with Gasteiger partial charge >= 0.3 is 11.8 Å². The lowest BCUT2D eigenvalue weighted by molar-refractivity contribution is -0.136. The van der Waals surface area contributed by atoms with Crippen LogP contribution < -0.4 is 20.8 Å². The molecule has 9 heteroatoms. The normalized spacial score (nSPS) is 14.0. The quantitative estimate of drug-likeness (QED) is 0.349. The van der Waals surface area contributed by atoms with Crippen molar-refractivity contribution in [1.29, 1.82) is 0 Å². The number of hydrazone groups is 1. The van der Waals surface area contributed by atoms with Crippen LogP contribution >= 0.6 is 0 Å². The van der Waals surface area contributed by atoms with E-state index in [1.165, 1.54) is 36.9 Å². The highest BCUT2D eigenvalue weighted by Gasteiger charge is 2.16. The summed E-state index contributed by atoms with van der Waals surface area (Å²) in [6.07, 6.45) is 6.89. The van der Waals surface area contributed by atoms with Crippen LogP contribution in [0.25, 0.3) is 0 Å². The molecule has 0 spiro atoms. The molecule has 168 valence electrons. The molecule has 0 atom stereocenters. The summed E-state index contributed by atoms with van der Waals surface area (Å²) in [5.74, 6) is -2.34. The van der Waals surface area contributed by atoms with E-state index in [1.807, 2.05) is 0 Å². The molecule has 3 amide bonds. The van der Waals surface area contributed by atoms with Gasteiger partial charge in [-0.2, -0.15) is 5.10 Å². The number of nitrogens with one attached hydrogen (secondary N) is 3. The molecule has 3 N–H and O–H groups in total. The number of hydrogen-bond donors (Lipinski definition) is 3. The Bertz CT molecular complexity index is 972. The van der Waals surface area contributed by atoms with Crippen LogP contribution in [-0.4, -0.2) is 36.6 Å². The molecule has 3 rings (SSSR count). The highest BCUT2D eigenvalue weighted by Crippen LogP contribution is 2.17. The Labute approximate surface area is 185 Å². The Morgan fingerprint density at radius 1 is 1.00 bits per heavy atom. The van der Waals surface area contributed by atoms with Gasteiger partial charge in [0, 0.05) is 6.04 Å². The molecule has 0 bridgehead atoms. The van der Waals surface area contributed by atoms with Crippen molar-refractivity contribution in [1.82, 2.24) is 10.7 Å². The molecule has 0 radical (unpaired) electrons. The van der Waals surface area contributed by atoms with Gasteiger partial charge in [-0.3, -0.25) is 14.4 Å². The Morgan fingerprint density at radius 2 is 1.72 bits per heavy atom. The van der Waals surface area contributed by atoms with Gasteiger partial charge in [0.2, 0.25) is 0 Å². The highest BCUT2D eigenvalue weighted by atomic mass is 19.1. The van der Waals surface area contributed by atoms with E-state index in [1.54, 1.807) is 24.3 Å². The van der Waals surface area contributed by atoms with Gasteiger partial charge in [0.05, 0.1) is 11.9 Å². The predicted octanol–water partition coefficient (Wildman–Crippen LogP) is 2.74. The SMILES string of the molecule is O=C(COc1ccc(/C=N\NC(=O)C(=O)Nc2ccccc2F)cc1)NC1CCCCC1. The molecule has 1 aliphatic carbocycles. The van der Waals surface area contributed by atoms with Gasteiger partial charge in [-0.1, -0.05) is 31.4 Å². The first-order chi connectivity index (χ1) is 15.5. The van der Waals surface area contributed by atoms with Crippen LogP contribution in [0, 0.1) is 5.82 Å². The molecule has 2 aromatic rings. The minimum Gasteiger partial charge on any atom is -0.484 e. The van der Waals surface area contributed by atoms with E-state index in [-0.39, 0.29) is 24.2 Å². The summed E-state index contributed by atoms with van der Waals surface area (Å²) >= 11 is 0. The summed E-state index contributed by atoms with van der Waals surface area (Å²) in [4.78, 5) is 35.6. The highest BCUT2D eigenvalue weighted by molar-refractivity contribution is 6.39. The third-order valence-corrected chi connectivity index (χ3v) is 4.93. The maximum absolute atomic E-state index is 13.5. The summed E-state index contributed by atoms with van der Waals surface area (Å²) in [6.45, 7) is -0.0584. The predicted molar refractivity (Wildman–Crippen MR) is 118 cm³/mol.